The molecule has 0 spiro atoms. The Balaban J connectivity index is 1.47. The van der Waals surface area contributed by atoms with Gasteiger partial charge in [-0.05, 0) is 38.1 Å². The Labute approximate surface area is 201 Å². The molecule has 0 fully saturated rings. The lowest BCUT2D eigenvalue weighted by atomic mass is 10.1. The molecule has 5 rings (SSSR count). The lowest BCUT2D eigenvalue weighted by molar-refractivity contribution is -0.274. The maximum Gasteiger partial charge on any atom is 0.573 e. The molecular weight excluding hydrogens is 477 g/mol. The van der Waals surface area contributed by atoms with Gasteiger partial charge in [0.2, 0.25) is 0 Å². The number of amides is 1. The second-order valence-corrected chi connectivity index (χ2v) is 8.16. The van der Waals surface area contributed by atoms with E-state index < -0.39 is 18.0 Å². The fraction of sp³-hybridized carbons (Fsp3) is 0.174. The summed E-state index contributed by atoms with van der Waals surface area (Å²) in [5.41, 5.74) is 8.78. The highest BCUT2D eigenvalue weighted by Crippen LogP contribution is 2.32. The molecule has 0 saturated heterocycles. The quantitative estimate of drug-likeness (QED) is 0.368. The van der Waals surface area contributed by atoms with E-state index in [0.29, 0.717) is 33.8 Å². The van der Waals surface area contributed by atoms with Crippen LogP contribution in [0.25, 0.3) is 27.9 Å². The molecule has 0 atom stereocenters. The van der Waals surface area contributed by atoms with Crippen LogP contribution >= 0.6 is 0 Å². The van der Waals surface area contributed by atoms with Crippen LogP contribution in [0.2, 0.25) is 0 Å². The molecule has 0 bridgehead atoms. The molecule has 10 nitrogen and oxygen atoms in total. The number of hydrogen-bond acceptors (Lipinski definition) is 7. The molecule has 0 aliphatic rings. The van der Waals surface area contributed by atoms with Gasteiger partial charge < -0.3 is 15.8 Å². The van der Waals surface area contributed by atoms with Crippen LogP contribution in [0.15, 0.2) is 55.1 Å². The van der Waals surface area contributed by atoms with Crippen LogP contribution in [0.3, 0.4) is 0 Å². The standard InChI is InChI=1S/C23H19F3N8O2/c1-12(2)34-21-18(20(27)29-11-30-21)19(32-34)13-6-7-33-16(10-28-17(33)8-13)22(35)31-14-4-3-5-15(9-14)36-23(24,25)26/h3-12H,1-2H3,(H,31,35)(H2,27,29,30). The number of ether oxygens (including phenoxy) is 1. The number of nitrogens with two attached hydrogens (primary N) is 1. The molecule has 4 aromatic heterocycles. The number of imidazole rings is 1. The number of nitrogens with one attached hydrogen (secondary N) is 1. The van der Waals surface area contributed by atoms with E-state index in [-0.39, 0.29) is 17.4 Å². The summed E-state index contributed by atoms with van der Waals surface area (Å²) in [6.45, 7) is 3.95. The van der Waals surface area contributed by atoms with E-state index in [1.54, 1.807) is 27.4 Å². The highest BCUT2D eigenvalue weighted by molar-refractivity contribution is 6.04. The summed E-state index contributed by atoms with van der Waals surface area (Å²) in [6, 6.07) is 8.53. The van der Waals surface area contributed by atoms with E-state index in [0.717, 1.165) is 12.1 Å². The first-order valence-electron chi connectivity index (χ1n) is 10.7. The maximum atomic E-state index is 12.9. The van der Waals surface area contributed by atoms with Crippen LogP contribution < -0.4 is 15.8 Å². The Bertz CT molecular complexity index is 1610. The van der Waals surface area contributed by atoms with Crippen LogP contribution in [0.4, 0.5) is 24.7 Å². The third kappa shape index (κ3) is 4.26. The minimum absolute atomic E-state index is 0.0287. The maximum absolute atomic E-state index is 12.9. The topological polar surface area (TPSA) is 125 Å². The van der Waals surface area contributed by atoms with Crippen LogP contribution in [0.5, 0.6) is 5.75 Å². The number of carbonyl (C=O) groups excluding carboxylic acids is 1. The zero-order valence-electron chi connectivity index (χ0n) is 19.0. The molecule has 1 aromatic carbocycles. The van der Waals surface area contributed by atoms with Gasteiger partial charge in [-0.3, -0.25) is 9.20 Å². The van der Waals surface area contributed by atoms with Crippen LogP contribution in [-0.4, -0.2) is 41.4 Å². The molecule has 0 saturated carbocycles. The summed E-state index contributed by atoms with van der Waals surface area (Å²) < 4.78 is 44.7. The second-order valence-electron chi connectivity index (χ2n) is 8.16. The Morgan fingerprint density at radius 2 is 1.94 bits per heavy atom. The average Bonchev–Trinajstić information content (AvgIpc) is 3.40. The summed E-state index contributed by atoms with van der Waals surface area (Å²) in [5, 5.41) is 7.86. The zero-order chi connectivity index (χ0) is 25.6. The van der Waals surface area contributed by atoms with Crippen molar-refractivity contribution in [2.75, 3.05) is 11.1 Å². The van der Waals surface area contributed by atoms with Gasteiger partial charge in [-0.15, -0.1) is 13.2 Å². The number of nitrogen functional groups attached to an aromatic ring is 1. The molecule has 0 radical (unpaired) electrons. The first-order chi connectivity index (χ1) is 17.1. The summed E-state index contributed by atoms with van der Waals surface area (Å²) >= 11 is 0. The van der Waals surface area contributed by atoms with Gasteiger partial charge in [0.15, 0.2) is 5.65 Å². The number of carbonyl (C=O) groups is 1. The van der Waals surface area contributed by atoms with E-state index in [9.17, 15) is 18.0 Å². The normalized spacial score (nSPS) is 11.9. The van der Waals surface area contributed by atoms with Gasteiger partial charge in [0.05, 0.1) is 11.6 Å². The third-order valence-corrected chi connectivity index (χ3v) is 5.35. The zero-order valence-corrected chi connectivity index (χ0v) is 19.0. The van der Waals surface area contributed by atoms with E-state index in [1.807, 2.05) is 13.8 Å². The Morgan fingerprint density at radius 3 is 2.69 bits per heavy atom. The van der Waals surface area contributed by atoms with Gasteiger partial charge in [-0.2, -0.15) is 5.10 Å². The van der Waals surface area contributed by atoms with Crippen molar-refractivity contribution in [3.8, 4) is 17.0 Å². The highest BCUT2D eigenvalue weighted by atomic mass is 19.4. The van der Waals surface area contributed by atoms with Crippen molar-refractivity contribution in [1.29, 1.82) is 0 Å². The van der Waals surface area contributed by atoms with Gasteiger partial charge in [-0.1, -0.05) is 6.07 Å². The monoisotopic (exact) mass is 496 g/mol. The van der Waals surface area contributed by atoms with E-state index in [4.69, 9.17) is 5.73 Å². The number of fused-ring (bicyclic) bond motifs is 2. The number of benzene rings is 1. The molecule has 1 amide bonds. The number of rotatable bonds is 5. The van der Waals surface area contributed by atoms with Crippen molar-refractivity contribution < 1.29 is 22.7 Å². The molecule has 13 heteroatoms. The van der Waals surface area contributed by atoms with Crippen molar-refractivity contribution in [2.45, 2.75) is 26.3 Å². The number of alkyl halides is 3. The van der Waals surface area contributed by atoms with E-state index >= 15 is 0 Å². The molecule has 5 aromatic rings. The third-order valence-electron chi connectivity index (χ3n) is 5.35. The summed E-state index contributed by atoms with van der Waals surface area (Å²) in [7, 11) is 0. The average molecular weight is 496 g/mol. The highest BCUT2D eigenvalue weighted by Gasteiger charge is 2.31. The lowest BCUT2D eigenvalue weighted by Gasteiger charge is -2.10. The number of pyridine rings is 1. The van der Waals surface area contributed by atoms with Crippen molar-refractivity contribution in [3.63, 3.8) is 0 Å². The van der Waals surface area contributed by atoms with Gasteiger partial charge in [0.1, 0.15) is 34.9 Å². The number of anilines is 2. The smallest absolute Gasteiger partial charge is 0.406 e. The minimum Gasteiger partial charge on any atom is -0.406 e. The Morgan fingerprint density at radius 1 is 1.14 bits per heavy atom. The van der Waals surface area contributed by atoms with Gasteiger partial charge in [0, 0.05) is 29.6 Å². The lowest BCUT2D eigenvalue weighted by Crippen LogP contribution is -2.18. The fourth-order valence-corrected chi connectivity index (χ4v) is 3.82. The van der Waals surface area contributed by atoms with E-state index in [2.05, 4.69) is 30.1 Å². The molecule has 3 N–H and O–H groups in total. The van der Waals surface area contributed by atoms with E-state index in [1.165, 1.54) is 24.7 Å². The Kier molecular flexibility index (Phi) is 5.46. The van der Waals surface area contributed by atoms with Crippen molar-refractivity contribution >= 4 is 34.1 Å². The molecular formula is C23H19F3N8O2. The number of halogens is 3. The predicted molar refractivity (Wildman–Crippen MR) is 125 cm³/mol. The van der Waals surface area contributed by atoms with Gasteiger partial charge in [-0.25, -0.2) is 19.6 Å². The van der Waals surface area contributed by atoms with Gasteiger partial charge in [0.25, 0.3) is 5.91 Å². The van der Waals surface area contributed by atoms with Crippen molar-refractivity contribution in [3.05, 3.63) is 60.8 Å². The van der Waals surface area contributed by atoms with Crippen LogP contribution in [0.1, 0.15) is 30.4 Å². The Hall–Kier alpha value is -4.68. The summed E-state index contributed by atoms with van der Waals surface area (Å²) in [5.74, 6) is -0.715. The summed E-state index contributed by atoms with van der Waals surface area (Å²) in [6.07, 6.45) is -0.437. The van der Waals surface area contributed by atoms with Gasteiger partial charge >= 0.3 is 6.36 Å². The first kappa shape index (κ1) is 23.1. The molecule has 4 heterocycles. The number of hydrogen-bond donors (Lipinski definition) is 2. The molecule has 0 unspecified atom stereocenters. The van der Waals surface area contributed by atoms with Crippen molar-refractivity contribution in [1.82, 2.24) is 29.1 Å². The predicted octanol–water partition coefficient (Wildman–Crippen LogP) is 4.46. The first-order valence-corrected chi connectivity index (χ1v) is 10.7. The SMILES string of the molecule is CC(C)n1nc(-c2ccn3c(C(=O)Nc4cccc(OC(F)(F)F)c4)cnc3c2)c2c(N)ncnc21. The molecule has 184 valence electrons. The largest absolute Gasteiger partial charge is 0.573 e. The second kappa shape index (κ2) is 8.52. The van der Waals surface area contributed by atoms with Crippen molar-refractivity contribution in [2.24, 2.45) is 0 Å². The molecule has 0 aliphatic heterocycles. The van der Waals surface area contributed by atoms with Crippen LogP contribution in [-0.2, 0) is 0 Å². The molecule has 36 heavy (non-hydrogen) atoms. The minimum atomic E-state index is -4.84. The summed E-state index contributed by atoms with van der Waals surface area (Å²) in [4.78, 5) is 25.6. The number of nitrogens with zero attached hydrogens (tertiary/aromatic N) is 6. The molecule has 0 aliphatic carbocycles. The number of aromatic nitrogens is 6. The fourth-order valence-electron chi connectivity index (χ4n) is 3.82. The van der Waals surface area contributed by atoms with Crippen LogP contribution in [0, 0.1) is 0 Å².